The van der Waals surface area contributed by atoms with Crippen LogP contribution in [0.1, 0.15) is 12.0 Å². The number of β-lactam (4-membered cyclic amide) rings is 1. The Morgan fingerprint density at radius 2 is 1.70 bits per heavy atom. The van der Waals surface area contributed by atoms with Crippen molar-refractivity contribution in [3.8, 4) is 11.1 Å². The molecule has 1 atom stereocenters. The Morgan fingerprint density at radius 3 is 2.30 bits per heavy atom. The maximum absolute atomic E-state index is 11.1. The molecule has 100 valence electrons. The van der Waals surface area contributed by atoms with Gasteiger partial charge in [0.05, 0.1) is 5.92 Å². The van der Waals surface area contributed by atoms with E-state index in [0.29, 0.717) is 0 Å². The summed E-state index contributed by atoms with van der Waals surface area (Å²) < 4.78 is 0. The molecule has 3 rings (SSSR count). The van der Waals surface area contributed by atoms with Gasteiger partial charge in [-0.1, -0.05) is 66.7 Å². The predicted molar refractivity (Wildman–Crippen MR) is 82.0 cm³/mol. The van der Waals surface area contributed by atoms with E-state index in [1.165, 1.54) is 16.7 Å². The van der Waals surface area contributed by atoms with Gasteiger partial charge >= 0.3 is 0 Å². The summed E-state index contributed by atoms with van der Waals surface area (Å²) in [6.07, 6.45) is 4.99. The van der Waals surface area contributed by atoms with Gasteiger partial charge in [-0.05, 0) is 23.1 Å². The van der Waals surface area contributed by atoms with Crippen LogP contribution in [0.25, 0.3) is 17.2 Å². The maximum Gasteiger partial charge on any atom is 0.225 e. The lowest BCUT2D eigenvalue weighted by Gasteiger charge is -2.24. The predicted octanol–water partition coefficient (Wildman–Crippen LogP) is 3.50. The second kappa shape index (κ2) is 5.74. The van der Waals surface area contributed by atoms with Crippen molar-refractivity contribution in [1.29, 1.82) is 0 Å². The molecular formula is C18H17NO. The Morgan fingerprint density at radius 1 is 1.00 bits per heavy atom. The van der Waals surface area contributed by atoms with Crippen molar-refractivity contribution in [2.75, 3.05) is 6.54 Å². The van der Waals surface area contributed by atoms with Gasteiger partial charge in [-0.3, -0.25) is 4.79 Å². The number of benzene rings is 2. The third-order valence-corrected chi connectivity index (χ3v) is 3.64. The third kappa shape index (κ3) is 2.80. The summed E-state index contributed by atoms with van der Waals surface area (Å²) in [4.78, 5) is 11.1. The van der Waals surface area contributed by atoms with Gasteiger partial charge in [-0.15, -0.1) is 0 Å². The quantitative estimate of drug-likeness (QED) is 0.840. The highest BCUT2D eigenvalue weighted by Crippen LogP contribution is 2.20. The van der Waals surface area contributed by atoms with E-state index in [2.05, 4.69) is 53.9 Å². The zero-order valence-corrected chi connectivity index (χ0v) is 11.3. The van der Waals surface area contributed by atoms with E-state index in [9.17, 15) is 4.79 Å². The van der Waals surface area contributed by atoms with Gasteiger partial charge in [0.15, 0.2) is 0 Å². The lowest BCUT2D eigenvalue weighted by molar-refractivity contribution is -0.130. The molecule has 0 saturated carbocycles. The largest absolute Gasteiger partial charge is 0.355 e. The number of amides is 1. The van der Waals surface area contributed by atoms with Gasteiger partial charge in [0, 0.05) is 6.54 Å². The first-order chi connectivity index (χ1) is 9.83. The standard InChI is InChI=1S/C18H17NO/c20-18-17(13-19-18)8-4-5-14-9-11-16(12-10-14)15-6-2-1-3-7-15/h1-7,9-12,17H,8,13H2,(H,19,20)/b5-4+/t17-/m0/s1. The molecule has 0 spiro atoms. The van der Waals surface area contributed by atoms with E-state index in [0.717, 1.165) is 13.0 Å². The average Bonchev–Trinajstić information content (AvgIpc) is 2.51. The fraction of sp³-hybridized carbons (Fsp3) is 0.167. The van der Waals surface area contributed by atoms with Gasteiger partial charge < -0.3 is 5.32 Å². The molecule has 1 heterocycles. The molecule has 0 radical (unpaired) electrons. The molecule has 1 saturated heterocycles. The Balaban J connectivity index is 1.64. The van der Waals surface area contributed by atoms with Gasteiger partial charge in [0.25, 0.3) is 0 Å². The Labute approximate surface area is 119 Å². The van der Waals surface area contributed by atoms with Crippen molar-refractivity contribution >= 4 is 12.0 Å². The van der Waals surface area contributed by atoms with Crippen LogP contribution in [0.15, 0.2) is 60.7 Å². The number of hydrogen-bond donors (Lipinski definition) is 1. The van der Waals surface area contributed by atoms with Gasteiger partial charge in [-0.2, -0.15) is 0 Å². The first-order valence-corrected chi connectivity index (χ1v) is 6.93. The van der Waals surface area contributed by atoms with Crippen LogP contribution in [0, 0.1) is 5.92 Å². The molecular weight excluding hydrogens is 246 g/mol. The van der Waals surface area contributed by atoms with Crippen molar-refractivity contribution in [1.82, 2.24) is 5.32 Å². The SMILES string of the molecule is O=C1NC[C@@H]1C/C=C/c1ccc(-c2ccccc2)cc1. The molecule has 1 fully saturated rings. The lowest BCUT2D eigenvalue weighted by Crippen LogP contribution is -2.48. The lowest BCUT2D eigenvalue weighted by atomic mass is 9.97. The Kier molecular flexibility index (Phi) is 3.64. The highest BCUT2D eigenvalue weighted by Gasteiger charge is 2.25. The van der Waals surface area contributed by atoms with E-state index in [1.807, 2.05) is 18.2 Å². The smallest absolute Gasteiger partial charge is 0.225 e. The van der Waals surface area contributed by atoms with Crippen molar-refractivity contribution in [3.63, 3.8) is 0 Å². The van der Waals surface area contributed by atoms with E-state index in [-0.39, 0.29) is 11.8 Å². The third-order valence-electron chi connectivity index (χ3n) is 3.64. The summed E-state index contributed by atoms with van der Waals surface area (Å²) in [5.41, 5.74) is 3.62. The molecule has 2 nitrogen and oxygen atoms in total. The molecule has 0 unspecified atom stereocenters. The van der Waals surface area contributed by atoms with Crippen LogP contribution < -0.4 is 5.32 Å². The fourth-order valence-electron chi connectivity index (χ4n) is 2.31. The molecule has 1 aliphatic rings. The highest BCUT2D eigenvalue weighted by atomic mass is 16.2. The molecule has 2 aromatic rings. The van der Waals surface area contributed by atoms with Gasteiger partial charge in [0.2, 0.25) is 5.91 Å². The summed E-state index contributed by atoms with van der Waals surface area (Å²) in [6, 6.07) is 18.8. The number of carbonyl (C=O) groups is 1. The summed E-state index contributed by atoms with van der Waals surface area (Å²) in [5, 5.41) is 2.76. The second-order valence-electron chi connectivity index (χ2n) is 5.07. The van der Waals surface area contributed by atoms with Crippen molar-refractivity contribution in [3.05, 3.63) is 66.2 Å². The number of hydrogen-bond acceptors (Lipinski definition) is 1. The molecule has 0 aliphatic carbocycles. The maximum atomic E-state index is 11.1. The van der Waals surface area contributed by atoms with Gasteiger partial charge in [0.1, 0.15) is 0 Å². The molecule has 2 aromatic carbocycles. The van der Waals surface area contributed by atoms with Crippen LogP contribution >= 0.6 is 0 Å². The summed E-state index contributed by atoms with van der Waals surface area (Å²) in [5.74, 6) is 0.351. The van der Waals surface area contributed by atoms with Crippen LogP contribution in [0.2, 0.25) is 0 Å². The average molecular weight is 263 g/mol. The van der Waals surface area contributed by atoms with E-state index >= 15 is 0 Å². The topological polar surface area (TPSA) is 29.1 Å². The first kappa shape index (κ1) is 12.7. The number of nitrogens with one attached hydrogen (secondary N) is 1. The molecule has 1 N–H and O–H groups in total. The zero-order valence-electron chi connectivity index (χ0n) is 11.3. The van der Waals surface area contributed by atoms with Crippen LogP contribution in [0.5, 0.6) is 0 Å². The highest BCUT2D eigenvalue weighted by molar-refractivity contribution is 5.84. The molecule has 2 heteroatoms. The molecule has 20 heavy (non-hydrogen) atoms. The minimum atomic E-state index is 0.175. The second-order valence-corrected chi connectivity index (χ2v) is 5.07. The Hall–Kier alpha value is -2.35. The zero-order chi connectivity index (χ0) is 13.8. The summed E-state index contributed by atoms with van der Waals surface area (Å²) >= 11 is 0. The monoisotopic (exact) mass is 263 g/mol. The molecule has 1 amide bonds. The fourth-order valence-corrected chi connectivity index (χ4v) is 2.31. The van der Waals surface area contributed by atoms with Gasteiger partial charge in [-0.25, -0.2) is 0 Å². The summed E-state index contributed by atoms with van der Waals surface area (Å²) in [7, 11) is 0. The minimum absolute atomic E-state index is 0.175. The van der Waals surface area contributed by atoms with Crippen LogP contribution in [-0.2, 0) is 4.79 Å². The minimum Gasteiger partial charge on any atom is -0.355 e. The van der Waals surface area contributed by atoms with E-state index in [1.54, 1.807) is 0 Å². The Bertz CT molecular complexity index is 614. The molecule has 1 aliphatic heterocycles. The van der Waals surface area contributed by atoms with E-state index in [4.69, 9.17) is 0 Å². The number of carbonyl (C=O) groups excluding carboxylic acids is 1. The van der Waals surface area contributed by atoms with Crippen LogP contribution in [0.4, 0.5) is 0 Å². The number of allylic oxidation sites excluding steroid dienone is 1. The number of rotatable bonds is 4. The molecule has 0 bridgehead atoms. The van der Waals surface area contributed by atoms with Crippen LogP contribution in [-0.4, -0.2) is 12.5 Å². The molecule has 0 aromatic heterocycles. The van der Waals surface area contributed by atoms with Crippen molar-refractivity contribution < 1.29 is 4.79 Å². The van der Waals surface area contributed by atoms with E-state index < -0.39 is 0 Å². The normalized spacial score (nSPS) is 17.8. The van der Waals surface area contributed by atoms with Crippen molar-refractivity contribution in [2.24, 2.45) is 5.92 Å². The van der Waals surface area contributed by atoms with Crippen LogP contribution in [0.3, 0.4) is 0 Å². The first-order valence-electron chi connectivity index (χ1n) is 6.93. The summed E-state index contributed by atoms with van der Waals surface area (Å²) in [6.45, 7) is 0.816. The van der Waals surface area contributed by atoms with Crippen molar-refractivity contribution in [2.45, 2.75) is 6.42 Å².